The maximum atomic E-state index is 13.6. The summed E-state index contributed by atoms with van der Waals surface area (Å²) in [6.07, 6.45) is 12.4. The number of carbonyl (C=O) groups is 4. The van der Waals surface area contributed by atoms with Crippen molar-refractivity contribution in [2.45, 2.75) is 76.4 Å². The van der Waals surface area contributed by atoms with Crippen LogP contribution in [0.4, 0.5) is 27.7 Å². The number of carbonyl (C=O) groups excluding carboxylic acids is 4. The molecule has 2 saturated heterocycles. The average molecular weight is 843 g/mol. The number of imide groups is 1. The summed E-state index contributed by atoms with van der Waals surface area (Å²) in [7, 11) is 1.85. The van der Waals surface area contributed by atoms with Crippen LogP contribution in [0.2, 0.25) is 5.02 Å². The van der Waals surface area contributed by atoms with Gasteiger partial charge in [0.1, 0.15) is 5.75 Å². The highest BCUT2D eigenvalue weighted by molar-refractivity contribution is 6.34. The van der Waals surface area contributed by atoms with Gasteiger partial charge in [-0.2, -0.15) is 0 Å². The number of urea groups is 1. The second kappa shape index (κ2) is 15.7. The van der Waals surface area contributed by atoms with Crippen molar-refractivity contribution in [3.8, 4) is 17.0 Å². The molecule has 15 nitrogen and oxygen atoms in total. The Bertz CT molecular complexity index is 2560. The number of nitrogens with one attached hydrogen (secondary N) is 3. The number of benzene rings is 2. The smallest absolute Gasteiger partial charge is 0.328 e. The first-order valence-electron chi connectivity index (χ1n) is 21.3. The summed E-state index contributed by atoms with van der Waals surface area (Å²) in [5.74, 6) is 0.923. The molecule has 5 amide bonds. The highest BCUT2D eigenvalue weighted by Gasteiger charge is 2.40. The Kier molecular flexibility index (Phi) is 10.0. The molecule has 16 heteroatoms. The maximum Gasteiger partial charge on any atom is 0.328 e. The standard InChI is InChI=1S/C45H47ClN10O5/c1-47-35-24-39(52-56-38(26-49-41(35)56)42(58)50-28-6-7-28)54-19-13-32-31(3-2-4-36(32)54)34-10-8-30(25-48-34)61-29-11-15-45(16-12-29)17-21-53(22-18-45)43(59)27-5-9-33(46)37(23-27)55-20-14-40(57)51-44(55)60/h2-5,8-10,23-26,28-29,47H,6-7,11-22H2,1H3,(H,50,58)(H,51,57,60). The fourth-order valence-electron chi connectivity index (χ4n) is 9.46. The van der Waals surface area contributed by atoms with E-state index in [0.717, 1.165) is 98.5 Å². The fourth-order valence-corrected chi connectivity index (χ4v) is 9.68. The van der Waals surface area contributed by atoms with Crippen molar-refractivity contribution in [3.63, 3.8) is 0 Å². The number of anilines is 4. The topological polar surface area (TPSA) is 166 Å². The zero-order valence-corrected chi connectivity index (χ0v) is 34.7. The number of pyridine rings is 1. The number of hydrogen-bond acceptors (Lipinski definition) is 10. The van der Waals surface area contributed by atoms with Crippen LogP contribution in [0, 0.1) is 5.41 Å². The van der Waals surface area contributed by atoms with E-state index < -0.39 is 6.03 Å². The Morgan fingerprint density at radius 2 is 1.67 bits per heavy atom. The number of likely N-dealkylation sites (tertiary alicyclic amines) is 1. The van der Waals surface area contributed by atoms with Gasteiger partial charge in [-0.15, -0.1) is 5.10 Å². The molecular weight excluding hydrogens is 796 g/mol. The van der Waals surface area contributed by atoms with Crippen LogP contribution in [0.1, 0.15) is 84.2 Å². The highest BCUT2D eigenvalue weighted by Crippen LogP contribution is 2.46. The van der Waals surface area contributed by atoms with Crippen LogP contribution < -0.4 is 30.5 Å². The zero-order chi connectivity index (χ0) is 41.8. The van der Waals surface area contributed by atoms with E-state index in [1.165, 1.54) is 10.5 Å². The van der Waals surface area contributed by atoms with E-state index in [2.05, 4.69) is 44.0 Å². The Morgan fingerprint density at radius 3 is 2.41 bits per heavy atom. The van der Waals surface area contributed by atoms with E-state index in [4.69, 9.17) is 26.4 Å². The average Bonchev–Trinajstić information content (AvgIpc) is 3.81. The predicted octanol–water partition coefficient (Wildman–Crippen LogP) is 6.76. The number of hydrogen-bond donors (Lipinski definition) is 3. The molecule has 4 fully saturated rings. The van der Waals surface area contributed by atoms with Crippen molar-refractivity contribution in [2.24, 2.45) is 5.41 Å². The van der Waals surface area contributed by atoms with E-state index in [0.29, 0.717) is 40.7 Å². The van der Waals surface area contributed by atoms with Crippen LogP contribution in [-0.4, -0.2) is 93.6 Å². The number of amides is 5. The maximum absolute atomic E-state index is 13.6. The van der Waals surface area contributed by atoms with Gasteiger partial charge in [0, 0.05) is 68.6 Å². The molecule has 0 radical (unpaired) electrons. The summed E-state index contributed by atoms with van der Waals surface area (Å²) < 4.78 is 8.15. The number of rotatable bonds is 9. The Morgan fingerprint density at radius 1 is 0.869 bits per heavy atom. The van der Waals surface area contributed by atoms with Gasteiger partial charge in [0.2, 0.25) is 5.91 Å². The fraction of sp³-hybridized carbons (Fsp3) is 0.400. The first-order valence-corrected chi connectivity index (χ1v) is 21.6. The van der Waals surface area contributed by atoms with Gasteiger partial charge < -0.3 is 25.2 Å². The lowest BCUT2D eigenvalue weighted by atomic mass is 9.67. The lowest BCUT2D eigenvalue weighted by Crippen LogP contribution is -2.49. The second-order valence-electron chi connectivity index (χ2n) is 16.9. The summed E-state index contributed by atoms with van der Waals surface area (Å²) >= 11 is 6.43. The molecule has 1 spiro atoms. The minimum Gasteiger partial charge on any atom is -0.489 e. The van der Waals surface area contributed by atoms with Crippen molar-refractivity contribution in [1.82, 2.24) is 35.1 Å². The number of ether oxygens (including phenoxy) is 1. The van der Waals surface area contributed by atoms with Crippen molar-refractivity contribution >= 4 is 63.9 Å². The molecule has 5 aromatic rings. The number of imidazole rings is 1. The van der Waals surface area contributed by atoms with E-state index in [1.54, 1.807) is 28.9 Å². The predicted molar refractivity (Wildman–Crippen MR) is 231 cm³/mol. The summed E-state index contributed by atoms with van der Waals surface area (Å²) in [6, 6.07) is 17.0. The van der Waals surface area contributed by atoms with Gasteiger partial charge in [0.15, 0.2) is 17.2 Å². The molecule has 2 aromatic carbocycles. The molecule has 314 valence electrons. The van der Waals surface area contributed by atoms with Crippen molar-refractivity contribution in [2.75, 3.05) is 48.3 Å². The van der Waals surface area contributed by atoms with E-state index >= 15 is 0 Å². The van der Waals surface area contributed by atoms with Crippen LogP contribution in [-0.2, 0) is 11.2 Å². The van der Waals surface area contributed by atoms with Gasteiger partial charge in [-0.3, -0.25) is 29.6 Å². The van der Waals surface area contributed by atoms with Gasteiger partial charge in [-0.25, -0.2) is 14.3 Å². The monoisotopic (exact) mass is 842 g/mol. The molecule has 3 N–H and O–H groups in total. The SMILES string of the molecule is CNc1cc(N2CCc3c(-c4ccc(OC5CCC6(CC5)CCN(C(=O)c5ccc(Cl)c(N7CCC(=O)NC7=O)c5)CC6)cn4)cccc32)nn2c(C(=O)NC3CC3)cnc12. The van der Waals surface area contributed by atoms with Gasteiger partial charge in [0.05, 0.1) is 40.6 Å². The van der Waals surface area contributed by atoms with E-state index in [-0.39, 0.29) is 48.2 Å². The first kappa shape index (κ1) is 38.9. The molecule has 6 heterocycles. The van der Waals surface area contributed by atoms with E-state index in [9.17, 15) is 19.2 Å². The molecule has 61 heavy (non-hydrogen) atoms. The third-order valence-electron chi connectivity index (χ3n) is 13.1. The van der Waals surface area contributed by atoms with Gasteiger partial charge in [0.25, 0.3) is 11.8 Å². The summed E-state index contributed by atoms with van der Waals surface area (Å²) in [5, 5.41) is 13.9. The first-order chi connectivity index (χ1) is 29.6. The summed E-state index contributed by atoms with van der Waals surface area (Å²) in [5.41, 5.74) is 7.12. The van der Waals surface area contributed by atoms with Crippen molar-refractivity contribution < 1.29 is 23.9 Å². The van der Waals surface area contributed by atoms with Crippen LogP contribution in [0.25, 0.3) is 16.9 Å². The van der Waals surface area contributed by atoms with Gasteiger partial charge in [-0.1, -0.05) is 23.7 Å². The third kappa shape index (κ3) is 7.49. The normalized spacial score (nSPS) is 19.0. The molecule has 0 bridgehead atoms. The number of aromatic nitrogens is 4. The van der Waals surface area contributed by atoms with Crippen LogP contribution in [0.15, 0.2) is 67.0 Å². The Labute approximate surface area is 357 Å². The molecule has 0 atom stereocenters. The van der Waals surface area contributed by atoms with Crippen molar-refractivity contribution in [1.29, 1.82) is 0 Å². The number of piperidine rings is 1. The molecule has 10 rings (SSSR count). The number of halogens is 1. The minimum atomic E-state index is -0.534. The summed E-state index contributed by atoms with van der Waals surface area (Å²) in [4.78, 5) is 65.7. The Hall–Kier alpha value is -6.22. The quantitative estimate of drug-likeness (QED) is 0.144. The largest absolute Gasteiger partial charge is 0.489 e. The minimum absolute atomic E-state index is 0.0796. The molecule has 0 unspecified atom stereocenters. The molecule has 3 aromatic heterocycles. The second-order valence-corrected chi connectivity index (χ2v) is 17.3. The van der Waals surface area contributed by atoms with Gasteiger partial charge in [-0.05, 0) is 105 Å². The Balaban J connectivity index is 0.758. The molecule has 2 saturated carbocycles. The molecule has 5 aliphatic rings. The number of fused-ring (bicyclic) bond motifs is 2. The molecular formula is C45H47ClN10O5. The number of nitrogens with zero attached hydrogens (tertiary/aromatic N) is 7. The molecule has 2 aliphatic carbocycles. The zero-order valence-electron chi connectivity index (χ0n) is 34.0. The van der Waals surface area contributed by atoms with Crippen molar-refractivity contribution in [3.05, 3.63) is 88.8 Å². The van der Waals surface area contributed by atoms with Gasteiger partial charge >= 0.3 is 6.03 Å². The highest BCUT2D eigenvalue weighted by atomic mass is 35.5. The van der Waals surface area contributed by atoms with Crippen LogP contribution in [0.5, 0.6) is 5.75 Å². The molecule has 3 aliphatic heterocycles. The lowest BCUT2D eigenvalue weighted by molar-refractivity contribution is -0.120. The van der Waals surface area contributed by atoms with Crippen LogP contribution >= 0.6 is 11.6 Å². The lowest BCUT2D eigenvalue weighted by Gasteiger charge is -2.45. The third-order valence-corrected chi connectivity index (χ3v) is 13.5. The van der Waals surface area contributed by atoms with E-state index in [1.807, 2.05) is 36.3 Å². The summed E-state index contributed by atoms with van der Waals surface area (Å²) in [6.45, 7) is 2.28. The van der Waals surface area contributed by atoms with Crippen LogP contribution in [0.3, 0.4) is 0 Å².